The summed E-state index contributed by atoms with van der Waals surface area (Å²) in [5, 5.41) is 0.803. The standard InChI is InChI=1S/C11H14Cl6N2O5/c1-9(3-2-4-24-9)19(8(21)23-6-11(15,16)17)18-7(20)22-5-10(12,13)14/h2-6H2,1H3,(H,18,20). The molecule has 24 heavy (non-hydrogen) atoms. The molecule has 1 rings (SSSR count). The molecule has 1 aliphatic rings. The van der Waals surface area contributed by atoms with Crippen molar-refractivity contribution in [3.05, 3.63) is 0 Å². The van der Waals surface area contributed by atoms with Gasteiger partial charge in [0.25, 0.3) is 0 Å². The van der Waals surface area contributed by atoms with E-state index in [4.69, 9.17) is 83.8 Å². The number of amides is 2. The van der Waals surface area contributed by atoms with Gasteiger partial charge in [0.2, 0.25) is 7.59 Å². The maximum Gasteiger partial charge on any atom is 0.431 e. The average Bonchev–Trinajstić information content (AvgIpc) is 2.86. The van der Waals surface area contributed by atoms with Crippen LogP contribution in [0.4, 0.5) is 9.59 Å². The lowest BCUT2D eigenvalue weighted by atomic mass is 10.1. The number of hydrogen-bond acceptors (Lipinski definition) is 5. The largest absolute Gasteiger partial charge is 0.444 e. The molecule has 0 bridgehead atoms. The summed E-state index contributed by atoms with van der Waals surface area (Å²) in [6, 6.07) is 0. The van der Waals surface area contributed by atoms with Crippen LogP contribution in [0.2, 0.25) is 0 Å². The van der Waals surface area contributed by atoms with Gasteiger partial charge in [0.15, 0.2) is 5.72 Å². The summed E-state index contributed by atoms with van der Waals surface area (Å²) in [4.78, 5) is 24.0. The molecule has 1 saturated heterocycles. The molecule has 13 heteroatoms. The lowest BCUT2D eigenvalue weighted by molar-refractivity contribution is -0.116. The van der Waals surface area contributed by atoms with Gasteiger partial charge in [0, 0.05) is 6.61 Å². The smallest absolute Gasteiger partial charge is 0.431 e. The van der Waals surface area contributed by atoms with Crippen molar-refractivity contribution in [2.45, 2.75) is 33.1 Å². The summed E-state index contributed by atoms with van der Waals surface area (Å²) in [6.45, 7) is 0.896. The predicted octanol–water partition coefficient (Wildman–Crippen LogP) is 4.33. The highest BCUT2D eigenvalue weighted by Gasteiger charge is 2.43. The van der Waals surface area contributed by atoms with E-state index in [2.05, 4.69) is 5.43 Å². The van der Waals surface area contributed by atoms with E-state index in [0.29, 0.717) is 19.4 Å². The van der Waals surface area contributed by atoms with Crippen LogP contribution in [-0.4, -0.2) is 50.3 Å². The Morgan fingerprint density at radius 2 is 1.67 bits per heavy atom. The van der Waals surface area contributed by atoms with Gasteiger partial charge in [-0.2, -0.15) is 5.01 Å². The van der Waals surface area contributed by atoms with Gasteiger partial charge in [0.1, 0.15) is 13.2 Å². The maximum absolute atomic E-state index is 12.2. The van der Waals surface area contributed by atoms with Crippen molar-refractivity contribution < 1.29 is 23.8 Å². The molecule has 1 N–H and O–H groups in total. The third-order valence-corrected chi connectivity index (χ3v) is 3.44. The highest BCUT2D eigenvalue weighted by atomic mass is 35.6. The van der Waals surface area contributed by atoms with Gasteiger partial charge in [0.05, 0.1) is 0 Å². The molecule has 0 aromatic heterocycles. The Hall–Kier alpha value is 0.240. The average molecular weight is 467 g/mol. The van der Waals surface area contributed by atoms with Crippen LogP contribution < -0.4 is 5.43 Å². The fourth-order valence-corrected chi connectivity index (χ4v) is 2.10. The summed E-state index contributed by atoms with van der Waals surface area (Å²) in [7, 11) is 0. The number of carbonyl (C=O) groups excluding carboxylic acids is 2. The molecule has 140 valence electrons. The van der Waals surface area contributed by atoms with Gasteiger partial charge in [-0.1, -0.05) is 69.6 Å². The molecule has 0 saturated carbocycles. The first-order valence-corrected chi connectivity index (χ1v) is 8.77. The number of nitrogens with one attached hydrogen (secondary N) is 1. The van der Waals surface area contributed by atoms with E-state index in [9.17, 15) is 9.59 Å². The fraction of sp³-hybridized carbons (Fsp3) is 0.818. The topological polar surface area (TPSA) is 77.1 Å². The van der Waals surface area contributed by atoms with Gasteiger partial charge in [-0.25, -0.2) is 15.0 Å². The zero-order valence-electron chi connectivity index (χ0n) is 12.3. The number of halogens is 6. The van der Waals surface area contributed by atoms with Crippen LogP contribution in [0.5, 0.6) is 0 Å². The zero-order valence-corrected chi connectivity index (χ0v) is 16.8. The minimum absolute atomic E-state index is 0.385. The van der Waals surface area contributed by atoms with E-state index in [-0.39, 0.29) is 0 Å². The van der Waals surface area contributed by atoms with Crippen molar-refractivity contribution in [3.63, 3.8) is 0 Å². The molecule has 0 aromatic rings. The SMILES string of the molecule is CC1(N(NC(=O)OCC(Cl)(Cl)Cl)C(=O)OCC(Cl)(Cl)Cl)CCCO1. The first-order valence-electron chi connectivity index (χ1n) is 6.50. The maximum atomic E-state index is 12.2. The Morgan fingerprint density at radius 3 is 2.12 bits per heavy atom. The second-order valence-electron chi connectivity index (χ2n) is 4.94. The van der Waals surface area contributed by atoms with Crippen LogP contribution in [0.3, 0.4) is 0 Å². The van der Waals surface area contributed by atoms with E-state index in [1.807, 2.05) is 0 Å². The summed E-state index contributed by atoms with van der Waals surface area (Å²) in [6.07, 6.45) is -0.962. The molecule has 2 amide bonds. The minimum Gasteiger partial charge on any atom is -0.444 e. The van der Waals surface area contributed by atoms with Crippen LogP contribution >= 0.6 is 69.6 Å². The van der Waals surface area contributed by atoms with Gasteiger partial charge >= 0.3 is 12.2 Å². The number of hydrazine groups is 1. The monoisotopic (exact) mass is 464 g/mol. The molecule has 0 aromatic carbocycles. The number of nitrogens with zero attached hydrogens (tertiary/aromatic N) is 1. The van der Waals surface area contributed by atoms with Crippen LogP contribution in [0.1, 0.15) is 19.8 Å². The van der Waals surface area contributed by atoms with Gasteiger partial charge in [-0.15, -0.1) is 0 Å². The third-order valence-electron chi connectivity index (χ3n) is 2.78. The second-order valence-corrected chi connectivity index (χ2v) is 9.97. The van der Waals surface area contributed by atoms with Crippen molar-refractivity contribution in [2.24, 2.45) is 0 Å². The molecule has 0 aliphatic carbocycles. The number of carbonyl (C=O) groups is 2. The zero-order chi connectivity index (χ0) is 18.6. The van der Waals surface area contributed by atoms with E-state index in [1.165, 1.54) is 0 Å². The van der Waals surface area contributed by atoms with Crippen LogP contribution in [0.15, 0.2) is 0 Å². The first kappa shape index (κ1) is 22.3. The molecule has 1 unspecified atom stereocenters. The highest BCUT2D eigenvalue weighted by molar-refractivity contribution is 6.68. The molecular formula is C11H14Cl6N2O5. The Morgan fingerprint density at radius 1 is 1.12 bits per heavy atom. The first-order chi connectivity index (χ1) is 10.8. The molecule has 1 aliphatic heterocycles. The Bertz CT molecular complexity index is 461. The second kappa shape index (κ2) is 8.75. The predicted molar refractivity (Wildman–Crippen MR) is 91.8 cm³/mol. The van der Waals surface area contributed by atoms with Crippen LogP contribution in [-0.2, 0) is 14.2 Å². The summed E-state index contributed by atoms with van der Waals surface area (Å²) < 4.78 is 11.4. The number of ether oxygens (including phenoxy) is 3. The Balaban J connectivity index is 2.75. The lowest BCUT2D eigenvalue weighted by Gasteiger charge is -2.36. The molecule has 1 heterocycles. The van der Waals surface area contributed by atoms with Gasteiger partial charge < -0.3 is 14.2 Å². The Kier molecular flexibility index (Phi) is 8.13. The lowest BCUT2D eigenvalue weighted by Crippen LogP contribution is -2.59. The summed E-state index contributed by atoms with van der Waals surface area (Å²) in [5.74, 6) is 0. The number of rotatable bonds is 3. The quantitative estimate of drug-likeness (QED) is 0.494. The third kappa shape index (κ3) is 8.08. The van der Waals surface area contributed by atoms with E-state index >= 15 is 0 Å². The van der Waals surface area contributed by atoms with E-state index < -0.39 is 38.7 Å². The highest BCUT2D eigenvalue weighted by Crippen LogP contribution is 2.30. The summed E-state index contributed by atoms with van der Waals surface area (Å²) >= 11 is 33.0. The van der Waals surface area contributed by atoms with E-state index in [0.717, 1.165) is 5.01 Å². The van der Waals surface area contributed by atoms with Crippen molar-refractivity contribution in [2.75, 3.05) is 19.8 Å². The molecule has 0 spiro atoms. The van der Waals surface area contributed by atoms with Crippen molar-refractivity contribution in [3.8, 4) is 0 Å². The molecule has 1 atom stereocenters. The van der Waals surface area contributed by atoms with Gasteiger partial charge in [-0.3, -0.25) is 0 Å². The number of hydrogen-bond donors (Lipinski definition) is 1. The van der Waals surface area contributed by atoms with Crippen LogP contribution in [0, 0.1) is 0 Å². The molecule has 7 nitrogen and oxygen atoms in total. The minimum atomic E-state index is -1.81. The Labute approximate surface area is 168 Å². The van der Waals surface area contributed by atoms with Crippen molar-refractivity contribution in [1.82, 2.24) is 10.4 Å². The normalized spacial score (nSPS) is 21.3. The molecule has 0 radical (unpaired) electrons. The molecular weight excluding hydrogens is 453 g/mol. The number of alkyl halides is 6. The summed E-state index contributed by atoms with van der Waals surface area (Å²) in [5.41, 5.74) is 1.01. The fourth-order valence-electron chi connectivity index (χ4n) is 1.78. The van der Waals surface area contributed by atoms with Gasteiger partial charge in [-0.05, 0) is 19.8 Å². The van der Waals surface area contributed by atoms with Crippen molar-refractivity contribution >= 4 is 81.8 Å². The molecule has 1 fully saturated rings. The van der Waals surface area contributed by atoms with E-state index in [1.54, 1.807) is 6.92 Å². The van der Waals surface area contributed by atoms with Crippen molar-refractivity contribution in [1.29, 1.82) is 0 Å². The van der Waals surface area contributed by atoms with Crippen LogP contribution in [0.25, 0.3) is 0 Å².